The number of aryl methyl sites for hydroxylation is 1. The van der Waals surface area contributed by atoms with Crippen molar-refractivity contribution in [1.29, 1.82) is 5.26 Å². The number of benzene rings is 2. The summed E-state index contributed by atoms with van der Waals surface area (Å²) in [5.41, 5.74) is 3.74. The average Bonchev–Trinajstić information content (AvgIpc) is 3.29. The van der Waals surface area contributed by atoms with E-state index >= 15 is 0 Å². The number of hydrogen-bond donors (Lipinski definition) is 0. The molecule has 1 aliphatic heterocycles. The van der Waals surface area contributed by atoms with Gasteiger partial charge in [0.2, 0.25) is 5.69 Å². The van der Waals surface area contributed by atoms with Gasteiger partial charge in [-0.05, 0) is 36.6 Å². The van der Waals surface area contributed by atoms with E-state index in [4.69, 9.17) is 0 Å². The maximum atomic E-state index is 9.48. The first-order valence-corrected chi connectivity index (χ1v) is 8.49. The van der Waals surface area contributed by atoms with Gasteiger partial charge >= 0.3 is 0 Å². The lowest BCUT2D eigenvalue weighted by Crippen LogP contribution is -2.20. The van der Waals surface area contributed by atoms with E-state index < -0.39 is 0 Å². The number of aromatic nitrogens is 3. The molecule has 4 rings (SSSR count). The highest BCUT2D eigenvalue weighted by molar-refractivity contribution is 5.52. The molecule has 0 N–H and O–H groups in total. The molecule has 0 saturated carbocycles. The van der Waals surface area contributed by atoms with E-state index in [2.05, 4.69) is 45.4 Å². The largest absolute Gasteiger partial charge is 0.352 e. The molecule has 0 unspecified atom stereocenters. The molecule has 2 heterocycles. The van der Waals surface area contributed by atoms with Crippen molar-refractivity contribution in [2.45, 2.75) is 19.3 Å². The zero-order chi connectivity index (χ0) is 17.2. The minimum atomic E-state index is 0.384. The first kappa shape index (κ1) is 15.4. The highest BCUT2D eigenvalue weighted by atomic mass is 15.5. The standard InChI is InChI=1S/C20H19N5/c1-15-6-5-9-18(12-15)25-22-19(13-21)20(23-25)24-11-10-17(14-24)16-7-3-2-4-8-16/h2-9,12,17H,10-11,14H2,1H3/t17-/m1/s1. The summed E-state index contributed by atoms with van der Waals surface area (Å²) in [4.78, 5) is 3.74. The molecule has 25 heavy (non-hydrogen) atoms. The van der Waals surface area contributed by atoms with Gasteiger partial charge in [0.1, 0.15) is 6.07 Å². The average molecular weight is 329 g/mol. The van der Waals surface area contributed by atoms with Gasteiger partial charge in [0.25, 0.3) is 0 Å². The summed E-state index contributed by atoms with van der Waals surface area (Å²) in [6, 6.07) is 20.7. The van der Waals surface area contributed by atoms with Gasteiger partial charge in [0.05, 0.1) is 5.69 Å². The Morgan fingerprint density at radius 2 is 1.92 bits per heavy atom. The van der Waals surface area contributed by atoms with Gasteiger partial charge in [-0.15, -0.1) is 15.0 Å². The van der Waals surface area contributed by atoms with E-state index in [1.54, 1.807) is 4.80 Å². The Balaban J connectivity index is 1.62. The van der Waals surface area contributed by atoms with Crippen LogP contribution in [0.25, 0.3) is 5.69 Å². The molecule has 2 aromatic carbocycles. The van der Waals surface area contributed by atoms with Crippen molar-refractivity contribution >= 4 is 5.82 Å². The van der Waals surface area contributed by atoms with Crippen LogP contribution in [0.2, 0.25) is 0 Å². The predicted molar refractivity (Wildman–Crippen MR) is 96.8 cm³/mol. The number of anilines is 1. The normalized spacial score (nSPS) is 16.8. The van der Waals surface area contributed by atoms with E-state index in [0.717, 1.165) is 30.8 Å². The van der Waals surface area contributed by atoms with Crippen molar-refractivity contribution in [1.82, 2.24) is 15.0 Å². The van der Waals surface area contributed by atoms with Gasteiger partial charge in [-0.3, -0.25) is 0 Å². The van der Waals surface area contributed by atoms with Crippen LogP contribution in [0.3, 0.4) is 0 Å². The molecule has 0 spiro atoms. The van der Waals surface area contributed by atoms with Gasteiger partial charge < -0.3 is 4.90 Å². The summed E-state index contributed by atoms with van der Waals surface area (Å²) in [5.74, 6) is 1.15. The quantitative estimate of drug-likeness (QED) is 0.738. The van der Waals surface area contributed by atoms with Crippen LogP contribution in [0, 0.1) is 18.3 Å². The Morgan fingerprint density at radius 1 is 1.08 bits per heavy atom. The van der Waals surface area contributed by atoms with Crippen LogP contribution in [-0.4, -0.2) is 28.1 Å². The predicted octanol–water partition coefficient (Wildman–Crippen LogP) is 3.44. The highest BCUT2D eigenvalue weighted by Crippen LogP contribution is 2.31. The number of nitriles is 1. The van der Waals surface area contributed by atoms with E-state index in [1.807, 2.05) is 37.3 Å². The van der Waals surface area contributed by atoms with Crippen LogP contribution in [0.5, 0.6) is 0 Å². The van der Waals surface area contributed by atoms with E-state index in [0.29, 0.717) is 17.4 Å². The first-order valence-electron chi connectivity index (χ1n) is 8.49. The molecular formula is C20H19N5. The Bertz CT molecular complexity index is 923. The summed E-state index contributed by atoms with van der Waals surface area (Å²) < 4.78 is 0. The molecule has 3 aromatic rings. The van der Waals surface area contributed by atoms with Crippen LogP contribution < -0.4 is 4.90 Å². The van der Waals surface area contributed by atoms with Crippen LogP contribution >= 0.6 is 0 Å². The summed E-state index contributed by atoms with van der Waals surface area (Å²) in [6.07, 6.45) is 1.06. The maximum absolute atomic E-state index is 9.48. The minimum Gasteiger partial charge on any atom is -0.352 e. The molecule has 0 bridgehead atoms. The molecule has 0 radical (unpaired) electrons. The lowest BCUT2D eigenvalue weighted by molar-refractivity contribution is 0.740. The molecule has 124 valence electrons. The van der Waals surface area contributed by atoms with Crippen LogP contribution in [0.15, 0.2) is 54.6 Å². The fourth-order valence-electron chi connectivity index (χ4n) is 3.40. The number of nitrogens with zero attached hydrogens (tertiary/aromatic N) is 5. The highest BCUT2D eigenvalue weighted by Gasteiger charge is 2.28. The Kier molecular flexibility index (Phi) is 3.95. The van der Waals surface area contributed by atoms with E-state index in [9.17, 15) is 5.26 Å². The molecular weight excluding hydrogens is 310 g/mol. The Labute approximate surface area is 147 Å². The molecule has 0 aliphatic carbocycles. The topological polar surface area (TPSA) is 57.7 Å². The molecule has 5 nitrogen and oxygen atoms in total. The lowest BCUT2D eigenvalue weighted by Gasteiger charge is -2.15. The van der Waals surface area contributed by atoms with Gasteiger partial charge in [0, 0.05) is 19.0 Å². The Morgan fingerprint density at radius 3 is 2.68 bits per heavy atom. The fourth-order valence-corrected chi connectivity index (χ4v) is 3.40. The second kappa shape index (κ2) is 6.40. The fraction of sp³-hybridized carbons (Fsp3) is 0.250. The van der Waals surface area contributed by atoms with Crippen LogP contribution in [-0.2, 0) is 0 Å². The number of hydrogen-bond acceptors (Lipinski definition) is 4. The van der Waals surface area contributed by atoms with E-state index in [-0.39, 0.29) is 0 Å². The zero-order valence-electron chi connectivity index (χ0n) is 14.1. The van der Waals surface area contributed by atoms with Crippen molar-refractivity contribution in [2.75, 3.05) is 18.0 Å². The van der Waals surface area contributed by atoms with Gasteiger partial charge in [-0.25, -0.2) is 0 Å². The SMILES string of the molecule is Cc1cccc(-n2nc(C#N)c(N3CC[C@@H](c4ccccc4)C3)n2)c1. The van der Waals surface area contributed by atoms with Gasteiger partial charge in [-0.1, -0.05) is 42.5 Å². The van der Waals surface area contributed by atoms with Gasteiger partial charge in [-0.2, -0.15) is 5.26 Å². The lowest BCUT2D eigenvalue weighted by atomic mass is 9.99. The molecule has 1 saturated heterocycles. The second-order valence-corrected chi connectivity index (χ2v) is 6.45. The zero-order valence-corrected chi connectivity index (χ0v) is 14.1. The van der Waals surface area contributed by atoms with Crippen molar-refractivity contribution < 1.29 is 0 Å². The summed E-state index contributed by atoms with van der Waals surface area (Å²) >= 11 is 0. The maximum Gasteiger partial charge on any atom is 0.207 e. The van der Waals surface area contributed by atoms with Gasteiger partial charge in [0.15, 0.2) is 5.82 Å². The third-order valence-electron chi connectivity index (χ3n) is 4.69. The molecule has 1 fully saturated rings. The van der Waals surface area contributed by atoms with Crippen LogP contribution in [0.4, 0.5) is 5.82 Å². The van der Waals surface area contributed by atoms with Crippen molar-refractivity contribution in [2.24, 2.45) is 0 Å². The second-order valence-electron chi connectivity index (χ2n) is 6.45. The van der Waals surface area contributed by atoms with Crippen LogP contribution in [0.1, 0.15) is 29.2 Å². The molecule has 0 amide bonds. The third-order valence-corrected chi connectivity index (χ3v) is 4.69. The molecule has 5 heteroatoms. The Hall–Kier alpha value is -3.13. The first-order chi connectivity index (χ1) is 12.2. The summed E-state index contributed by atoms with van der Waals surface area (Å²) in [7, 11) is 0. The number of rotatable bonds is 3. The molecule has 1 aliphatic rings. The third kappa shape index (κ3) is 2.99. The van der Waals surface area contributed by atoms with Crippen molar-refractivity contribution in [3.63, 3.8) is 0 Å². The summed E-state index contributed by atoms with van der Waals surface area (Å²) in [5, 5.41) is 18.5. The van der Waals surface area contributed by atoms with Crippen molar-refractivity contribution in [3.05, 3.63) is 71.4 Å². The van der Waals surface area contributed by atoms with E-state index in [1.165, 1.54) is 5.56 Å². The summed E-state index contributed by atoms with van der Waals surface area (Å²) in [6.45, 7) is 3.79. The van der Waals surface area contributed by atoms with Crippen molar-refractivity contribution in [3.8, 4) is 11.8 Å². The smallest absolute Gasteiger partial charge is 0.207 e. The minimum absolute atomic E-state index is 0.384. The molecule has 1 atom stereocenters. The monoisotopic (exact) mass is 329 g/mol. The molecule has 1 aromatic heterocycles.